The fourth-order valence-corrected chi connectivity index (χ4v) is 3.78. The zero-order chi connectivity index (χ0) is 15.7. The van der Waals surface area contributed by atoms with Gasteiger partial charge in [0.2, 0.25) is 17.7 Å². The molecule has 0 spiro atoms. The van der Waals surface area contributed by atoms with Crippen LogP contribution in [0.5, 0.6) is 0 Å². The summed E-state index contributed by atoms with van der Waals surface area (Å²) in [6.45, 7) is 7.70. The van der Waals surface area contributed by atoms with Gasteiger partial charge in [-0.2, -0.15) is 0 Å². The lowest BCUT2D eigenvalue weighted by molar-refractivity contribution is -0.148. The number of carbonyl (C=O) groups excluding carboxylic acids is 3. The fourth-order valence-electron chi connectivity index (χ4n) is 3.78. The average Bonchev–Trinajstić information content (AvgIpc) is 2.64. The summed E-state index contributed by atoms with van der Waals surface area (Å²) in [5, 5.41) is 0. The summed E-state index contributed by atoms with van der Waals surface area (Å²) >= 11 is 0. The number of nitrogens with zero attached hydrogens (tertiary/aromatic N) is 2. The lowest BCUT2D eigenvalue weighted by Crippen LogP contribution is -2.48. The third kappa shape index (κ3) is 2.97. The summed E-state index contributed by atoms with van der Waals surface area (Å²) in [6.07, 6.45) is 3.59. The molecule has 0 aromatic rings. The number of fused-ring (bicyclic) bond motifs is 1. The molecule has 21 heavy (non-hydrogen) atoms. The summed E-state index contributed by atoms with van der Waals surface area (Å²) in [7, 11) is 0. The van der Waals surface area contributed by atoms with Crippen LogP contribution < -0.4 is 0 Å². The second-order valence-electron chi connectivity index (χ2n) is 6.75. The van der Waals surface area contributed by atoms with Crippen molar-refractivity contribution in [1.82, 2.24) is 9.80 Å². The molecule has 0 radical (unpaired) electrons. The van der Waals surface area contributed by atoms with E-state index in [1.165, 1.54) is 4.90 Å². The molecule has 0 N–H and O–H groups in total. The first-order chi connectivity index (χ1) is 9.84. The first-order valence-corrected chi connectivity index (χ1v) is 8.01. The number of imide groups is 1. The van der Waals surface area contributed by atoms with Crippen molar-refractivity contribution >= 4 is 17.7 Å². The number of amides is 3. The number of rotatable bonds is 4. The highest BCUT2D eigenvalue weighted by atomic mass is 16.2. The quantitative estimate of drug-likeness (QED) is 0.743. The van der Waals surface area contributed by atoms with Gasteiger partial charge in [0.05, 0.1) is 11.8 Å². The molecule has 2 fully saturated rings. The van der Waals surface area contributed by atoms with E-state index in [2.05, 4.69) is 0 Å². The summed E-state index contributed by atoms with van der Waals surface area (Å²) in [6, 6.07) is 0.125. The molecule has 1 heterocycles. The van der Waals surface area contributed by atoms with Gasteiger partial charge in [0.15, 0.2) is 0 Å². The van der Waals surface area contributed by atoms with Crippen LogP contribution in [0.3, 0.4) is 0 Å². The molecule has 3 amide bonds. The van der Waals surface area contributed by atoms with Crippen LogP contribution >= 0.6 is 0 Å². The van der Waals surface area contributed by atoms with Crippen molar-refractivity contribution in [3.63, 3.8) is 0 Å². The van der Waals surface area contributed by atoms with E-state index >= 15 is 0 Å². The number of carbonyl (C=O) groups is 3. The molecule has 0 unspecified atom stereocenters. The van der Waals surface area contributed by atoms with E-state index in [4.69, 9.17) is 0 Å². The molecule has 0 bridgehead atoms. The van der Waals surface area contributed by atoms with Gasteiger partial charge in [0.25, 0.3) is 0 Å². The molecule has 2 atom stereocenters. The Balaban J connectivity index is 2.10. The minimum absolute atomic E-state index is 0.0626. The smallest absolute Gasteiger partial charge is 0.243 e. The van der Waals surface area contributed by atoms with Gasteiger partial charge >= 0.3 is 0 Å². The number of hydrogen-bond donors (Lipinski definition) is 0. The van der Waals surface area contributed by atoms with Gasteiger partial charge in [-0.3, -0.25) is 19.3 Å². The number of likely N-dealkylation sites (tertiary alicyclic amines) is 1. The van der Waals surface area contributed by atoms with Crippen LogP contribution in [-0.4, -0.2) is 46.1 Å². The lowest BCUT2D eigenvalue weighted by Gasteiger charge is -2.32. The molecular formula is C16H26N2O3. The monoisotopic (exact) mass is 294 g/mol. The molecule has 1 saturated carbocycles. The molecule has 2 rings (SSSR count). The summed E-state index contributed by atoms with van der Waals surface area (Å²) in [4.78, 5) is 40.2. The van der Waals surface area contributed by atoms with Gasteiger partial charge in [-0.05, 0) is 40.5 Å². The second-order valence-corrected chi connectivity index (χ2v) is 6.75. The summed E-state index contributed by atoms with van der Waals surface area (Å²) in [5.41, 5.74) is 0. The largest absolute Gasteiger partial charge is 0.336 e. The third-order valence-electron chi connectivity index (χ3n) is 4.63. The molecular weight excluding hydrogens is 268 g/mol. The average molecular weight is 294 g/mol. The Morgan fingerprint density at radius 1 is 1.05 bits per heavy atom. The molecule has 1 aliphatic heterocycles. The van der Waals surface area contributed by atoms with E-state index in [9.17, 15) is 14.4 Å². The maximum Gasteiger partial charge on any atom is 0.243 e. The highest BCUT2D eigenvalue weighted by molar-refractivity contribution is 6.07. The highest BCUT2D eigenvalue weighted by Crippen LogP contribution is 2.37. The standard InChI is InChI=1S/C16H26N2O3/c1-10(2)18(11(3)4)14(19)9-17-15(20)12-7-5-6-8-13(12)16(17)21/h10-13H,5-9H2,1-4H3/t12-,13-/m0/s1. The Labute approximate surface area is 126 Å². The summed E-state index contributed by atoms with van der Waals surface area (Å²) in [5.74, 6) is -0.757. The van der Waals surface area contributed by atoms with E-state index in [1.54, 1.807) is 4.90 Å². The number of hydrogen-bond acceptors (Lipinski definition) is 3. The maximum absolute atomic E-state index is 12.5. The van der Waals surface area contributed by atoms with Crippen LogP contribution in [0.4, 0.5) is 0 Å². The fraction of sp³-hybridized carbons (Fsp3) is 0.812. The van der Waals surface area contributed by atoms with E-state index in [0.29, 0.717) is 0 Å². The molecule has 2 aliphatic rings. The van der Waals surface area contributed by atoms with Crippen LogP contribution in [0, 0.1) is 11.8 Å². The minimum atomic E-state index is -0.175. The Kier molecular flexibility index (Phi) is 4.69. The maximum atomic E-state index is 12.5. The van der Waals surface area contributed by atoms with Crippen molar-refractivity contribution in [2.24, 2.45) is 11.8 Å². The molecule has 118 valence electrons. The predicted octanol–water partition coefficient (Wildman–Crippen LogP) is 1.81. The zero-order valence-electron chi connectivity index (χ0n) is 13.5. The van der Waals surface area contributed by atoms with Gasteiger partial charge in [-0.15, -0.1) is 0 Å². The van der Waals surface area contributed by atoms with E-state index in [-0.39, 0.29) is 48.2 Å². The first-order valence-electron chi connectivity index (χ1n) is 8.01. The first kappa shape index (κ1) is 16.0. The SMILES string of the molecule is CC(C)N(C(=O)CN1C(=O)[C@H]2CCCC[C@@H]2C1=O)C(C)C. The van der Waals surface area contributed by atoms with Crippen LogP contribution in [-0.2, 0) is 14.4 Å². The molecule has 1 aliphatic carbocycles. The normalized spacial score (nSPS) is 25.7. The second kappa shape index (κ2) is 6.16. The van der Waals surface area contributed by atoms with Gasteiger partial charge in [-0.25, -0.2) is 0 Å². The zero-order valence-corrected chi connectivity index (χ0v) is 13.5. The van der Waals surface area contributed by atoms with Crippen LogP contribution in [0.25, 0.3) is 0 Å². The van der Waals surface area contributed by atoms with Gasteiger partial charge in [0, 0.05) is 12.1 Å². The molecule has 0 aromatic heterocycles. The van der Waals surface area contributed by atoms with Crippen molar-refractivity contribution in [3.8, 4) is 0 Å². The van der Waals surface area contributed by atoms with E-state index in [1.807, 2.05) is 27.7 Å². The topological polar surface area (TPSA) is 57.7 Å². The highest BCUT2D eigenvalue weighted by Gasteiger charge is 2.48. The van der Waals surface area contributed by atoms with Crippen molar-refractivity contribution in [2.75, 3.05) is 6.54 Å². The van der Waals surface area contributed by atoms with Crippen molar-refractivity contribution in [1.29, 1.82) is 0 Å². The van der Waals surface area contributed by atoms with Crippen molar-refractivity contribution in [3.05, 3.63) is 0 Å². The van der Waals surface area contributed by atoms with Crippen LogP contribution in [0.2, 0.25) is 0 Å². The predicted molar refractivity (Wildman–Crippen MR) is 79.3 cm³/mol. The van der Waals surface area contributed by atoms with Gasteiger partial charge in [0.1, 0.15) is 6.54 Å². The Morgan fingerprint density at radius 2 is 1.48 bits per heavy atom. The van der Waals surface area contributed by atoms with Crippen LogP contribution in [0.1, 0.15) is 53.4 Å². The summed E-state index contributed by atoms with van der Waals surface area (Å²) < 4.78 is 0. The van der Waals surface area contributed by atoms with Crippen molar-refractivity contribution < 1.29 is 14.4 Å². The Morgan fingerprint density at radius 3 is 1.86 bits per heavy atom. The molecule has 5 nitrogen and oxygen atoms in total. The Bertz CT molecular complexity index is 413. The van der Waals surface area contributed by atoms with Crippen LogP contribution in [0.15, 0.2) is 0 Å². The molecule has 0 aromatic carbocycles. The Hall–Kier alpha value is -1.39. The minimum Gasteiger partial charge on any atom is -0.336 e. The third-order valence-corrected chi connectivity index (χ3v) is 4.63. The van der Waals surface area contributed by atoms with E-state index < -0.39 is 0 Å². The van der Waals surface area contributed by atoms with E-state index in [0.717, 1.165) is 25.7 Å². The lowest BCUT2D eigenvalue weighted by atomic mass is 9.81. The van der Waals surface area contributed by atoms with Gasteiger partial charge < -0.3 is 4.90 Å². The van der Waals surface area contributed by atoms with Gasteiger partial charge in [-0.1, -0.05) is 12.8 Å². The molecule has 1 saturated heterocycles. The molecule has 5 heteroatoms. The van der Waals surface area contributed by atoms with Crippen molar-refractivity contribution in [2.45, 2.75) is 65.5 Å².